The summed E-state index contributed by atoms with van der Waals surface area (Å²) < 4.78 is 1.81. The summed E-state index contributed by atoms with van der Waals surface area (Å²) in [6.07, 6.45) is 5.14. The van der Waals surface area contributed by atoms with Crippen LogP contribution in [0.3, 0.4) is 0 Å². The summed E-state index contributed by atoms with van der Waals surface area (Å²) in [7, 11) is 0. The van der Waals surface area contributed by atoms with Crippen LogP contribution in [0.2, 0.25) is 0 Å². The fourth-order valence-corrected chi connectivity index (χ4v) is 1.88. The molecule has 6 heteroatoms. The number of benzene rings is 1. The second-order valence-corrected chi connectivity index (χ2v) is 4.06. The van der Waals surface area contributed by atoms with E-state index >= 15 is 0 Å². The van der Waals surface area contributed by atoms with Crippen LogP contribution in [0.1, 0.15) is 5.56 Å². The Balaban J connectivity index is 1.98. The standard InChI is InChI=1S/C12H10ClN5/c13-7-9-2-1-3-10(6-9)16-11-12-17-15-8-18(12)5-4-14-11/h1-6,8H,7H2,(H,14,16). The van der Waals surface area contributed by atoms with Crippen LogP contribution in [0.5, 0.6) is 0 Å². The molecule has 18 heavy (non-hydrogen) atoms. The van der Waals surface area contributed by atoms with Crippen LogP contribution >= 0.6 is 11.6 Å². The Bertz CT molecular complexity index is 679. The molecule has 0 aliphatic rings. The van der Waals surface area contributed by atoms with Crippen molar-refractivity contribution in [2.24, 2.45) is 0 Å². The van der Waals surface area contributed by atoms with E-state index in [1.54, 1.807) is 23.1 Å². The first-order valence-electron chi connectivity index (χ1n) is 5.43. The van der Waals surface area contributed by atoms with E-state index in [4.69, 9.17) is 11.6 Å². The van der Waals surface area contributed by atoms with Gasteiger partial charge in [-0.25, -0.2) is 4.98 Å². The minimum atomic E-state index is 0.484. The molecule has 0 amide bonds. The molecule has 0 spiro atoms. The number of hydrogen-bond acceptors (Lipinski definition) is 4. The van der Waals surface area contributed by atoms with Crippen molar-refractivity contribution in [3.05, 3.63) is 48.5 Å². The molecule has 90 valence electrons. The highest BCUT2D eigenvalue weighted by atomic mass is 35.5. The smallest absolute Gasteiger partial charge is 0.203 e. The summed E-state index contributed by atoms with van der Waals surface area (Å²) >= 11 is 5.81. The fraction of sp³-hybridized carbons (Fsp3) is 0.0833. The van der Waals surface area contributed by atoms with Crippen LogP contribution in [0.25, 0.3) is 5.65 Å². The van der Waals surface area contributed by atoms with E-state index in [1.165, 1.54) is 0 Å². The number of nitrogens with zero attached hydrogens (tertiary/aromatic N) is 4. The van der Waals surface area contributed by atoms with Crippen LogP contribution in [0.15, 0.2) is 43.0 Å². The first-order chi connectivity index (χ1) is 8.86. The second kappa shape index (κ2) is 4.62. The number of rotatable bonds is 3. The summed E-state index contributed by atoms with van der Waals surface area (Å²) in [6, 6.07) is 7.86. The van der Waals surface area contributed by atoms with Crippen LogP contribution in [0.4, 0.5) is 11.5 Å². The lowest BCUT2D eigenvalue weighted by atomic mass is 10.2. The molecule has 3 aromatic rings. The molecular weight excluding hydrogens is 250 g/mol. The van der Waals surface area contributed by atoms with Crippen LogP contribution in [0, 0.1) is 0 Å². The van der Waals surface area contributed by atoms with Crippen molar-refractivity contribution in [3.63, 3.8) is 0 Å². The van der Waals surface area contributed by atoms with Gasteiger partial charge in [-0.2, -0.15) is 0 Å². The maximum atomic E-state index is 5.81. The molecule has 0 bridgehead atoms. The van der Waals surface area contributed by atoms with Gasteiger partial charge in [0, 0.05) is 24.0 Å². The Morgan fingerprint density at radius 1 is 1.33 bits per heavy atom. The average Bonchev–Trinajstić information content (AvgIpc) is 2.88. The highest BCUT2D eigenvalue weighted by Gasteiger charge is 2.05. The largest absolute Gasteiger partial charge is 0.337 e. The van der Waals surface area contributed by atoms with Crippen LogP contribution in [-0.4, -0.2) is 19.6 Å². The van der Waals surface area contributed by atoms with Crippen molar-refractivity contribution in [2.75, 3.05) is 5.32 Å². The minimum Gasteiger partial charge on any atom is -0.337 e. The van der Waals surface area contributed by atoms with Gasteiger partial charge in [-0.15, -0.1) is 21.8 Å². The molecule has 0 saturated heterocycles. The molecular formula is C12H10ClN5. The van der Waals surface area contributed by atoms with Crippen molar-refractivity contribution in [1.82, 2.24) is 19.6 Å². The quantitative estimate of drug-likeness (QED) is 0.735. The SMILES string of the molecule is ClCc1cccc(Nc2nccn3cnnc23)c1. The lowest BCUT2D eigenvalue weighted by Crippen LogP contribution is -1.97. The van der Waals surface area contributed by atoms with Crippen molar-refractivity contribution < 1.29 is 0 Å². The van der Waals surface area contributed by atoms with Crippen molar-refractivity contribution in [1.29, 1.82) is 0 Å². The number of nitrogens with one attached hydrogen (secondary N) is 1. The average molecular weight is 260 g/mol. The Labute approximate surface area is 108 Å². The third kappa shape index (κ3) is 2.00. The Morgan fingerprint density at radius 2 is 2.28 bits per heavy atom. The van der Waals surface area contributed by atoms with E-state index in [2.05, 4.69) is 20.5 Å². The van der Waals surface area contributed by atoms with Gasteiger partial charge in [-0.3, -0.25) is 4.40 Å². The van der Waals surface area contributed by atoms with E-state index in [-0.39, 0.29) is 0 Å². The molecule has 0 aliphatic heterocycles. The number of hydrogen-bond donors (Lipinski definition) is 1. The Kier molecular flexibility index (Phi) is 2.82. The van der Waals surface area contributed by atoms with E-state index in [1.807, 2.05) is 24.3 Å². The van der Waals surface area contributed by atoms with Gasteiger partial charge >= 0.3 is 0 Å². The molecule has 2 heterocycles. The number of alkyl halides is 1. The molecule has 0 aliphatic carbocycles. The van der Waals surface area contributed by atoms with E-state index in [9.17, 15) is 0 Å². The topological polar surface area (TPSA) is 55.1 Å². The first-order valence-corrected chi connectivity index (χ1v) is 5.96. The van der Waals surface area contributed by atoms with Gasteiger partial charge in [0.05, 0.1) is 0 Å². The van der Waals surface area contributed by atoms with Crippen molar-refractivity contribution >= 4 is 28.8 Å². The fourth-order valence-electron chi connectivity index (χ4n) is 1.72. The van der Waals surface area contributed by atoms with Gasteiger partial charge in [-0.1, -0.05) is 12.1 Å². The van der Waals surface area contributed by atoms with Gasteiger partial charge in [-0.05, 0) is 17.7 Å². The molecule has 0 saturated carbocycles. The third-order valence-corrected chi connectivity index (χ3v) is 2.87. The predicted molar refractivity (Wildman–Crippen MR) is 70.1 cm³/mol. The van der Waals surface area contributed by atoms with Gasteiger partial charge in [0.25, 0.3) is 0 Å². The number of fused-ring (bicyclic) bond motifs is 1. The van der Waals surface area contributed by atoms with E-state index < -0.39 is 0 Å². The van der Waals surface area contributed by atoms with Gasteiger partial charge < -0.3 is 5.32 Å². The van der Waals surface area contributed by atoms with Crippen molar-refractivity contribution in [2.45, 2.75) is 5.88 Å². The number of aromatic nitrogens is 4. The normalized spacial score (nSPS) is 10.7. The summed E-state index contributed by atoms with van der Waals surface area (Å²) in [5.74, 6) is 1.15. The summed E-state index contributed by atoms with van der Waals surface area (Å²) in [6.45, 7) is 0. The molecule has 0 fully saturated rings. The molecule has 0 radical (unpaired) electrons. The Morgan fingerprint density at radius 3 is 3.17 bits per heavy atom. The van der Waals surface area contributed by atoms with Crippen molar-refractivity contribution in [3.8, 4) is 0 Å². The number of anilines is 2. The monoisotopic (exact) mass is 259 g/mol. The Hall–Kier alpha value is -2.14. The molecule has 1 aromatic carbocycles. The lowest BCUT2D eigenvalue weighted by Gasteiger charge is -2.07. The van der Waals surface area contributed by atoms with E-state index in [0.717, 1.165) is 11.3 Å². The summed E-state index contributed by atoms with van der Waals surface area (Å²) in [5, 5.41) is 11.1. The molecule has 5 nitrogen and oxygen atoms in total. The van der Waals surface area contributed by atoms with E-state index in [0.29, 0.717) is 17.3 Å². The second-order valence-electron chi connectivity index (χ2n) is 3.80. The maximum Gasteiger partial charge on any atom is 0.203 e. The predicted octanol–water partition coefficient (Wildman–Crippen LogP) is 2.61. The zero-order valence-electron chi connectivity index (χ0n) is 9.42. The highest BCUT2D eigenvalue weighted by molar-refractivity contribution is 6.17. The zero-order valence-corrected chi connectivity index (χ0v) is 10.2. The molecule has 0 atom stereocenters. The molecule has 0 unspecified atom stereocenters. The lowest BCUT2D eigenvalue weighted by molar-refractivity contribution is 1.10. The molecule has 3 rings (SSSR count). The van der Waals surface area contributed by atoms with Gasteiger partial charge in [0.2, 0.25) is 5.65 Å². The third-order valence-electron chi connectivity index (χ3n) is 2.56. The summed E-state index contributed by atoms with van der Waals surface area (Å²) in [5.41, 5.74) is 2.67. The zero-order chi connectivity index (χ0) is 12.4. The minimum absolute atomic E-state index is 0.484. The van der Waals surface area contributed by atoms with Crippen LogP contribution < -0.4 is 5.32 Å². The first kappa shape index (κ1) is 11.0. The number of halogens is 1. The molecule has 2 aromatic heterocycles. The summed E-state index contributed by atoms with van der Waals surface area (Å²) in [4.78, 5) is 4.26. The highest BCUT2D eigenvalue weighted by Crippen LogP contribution is 2.19. The maximum absolute atomic E-state index is 5.81. The molecule has 1 N–H and O–H groups in total. The van der Waals surface area contributed by atoms with Crippen LogP contribution in [-0.2, 0) is 5.88 Å². The van der Waals surface area contributed by atoms with Gasteiger partial charge in [0.1, 0.15) is 6.33 Å². The van der Waals surface area contributed by atoms with Gasteiger partial charge in [0.15, 0.2) is 5.82 Å².